The second-order valence-corrected chi connectivity index (χ2v) is 2.86. The fraction of sp³-hybridized carbons (Fsp3) is 0.222. The molecule has 0 aliphatic carbocycles. The van der Waals surface area contributed by atoms with Crippen molar-refractivity contribution >= 4 is 5.91 Å². The second-order valence-electron chi connectivity index (χ2n) is 2.86. The zero-order valence-corrected chi connectivity index (χ0v) is 7.96. The summed E-state index contributed by atoms with van der Waals surface area (Å²) >= 11 is 0. The highest BCUT2D eigenvalue weighted by molar-refractivity contribution is 5.92. The van der Waals surface area contributed by atoms with E-state index in [1.54, 1.807) is 6.92 Å². The Morgan fingerprint density at radius 1 is 1.53 bits per heavy atom. The molecule has 15 heavy (non-hydrogen) atoms. The van der Waals surface area contributed by atoms with Gasteiger partial charge in [-0.25, -0.2) is 4.79 Å². The first-order valence-corrected chi connectivity index (χ1v) is 4.13. The lowest BCUT2D eigenvalue weighted by Gasteiger charge is -2.06. The van der Waals surface area contributed by atoms with Gasteiger partial charge in [0.05, 0.1) is 6.04 Å². The third-order valence-electron chi connectivity index (χ3n) is 1.60. The van der Waals surface area contributed by atoms with Crippen LogP contribution >= 0.6 is 0 Å². The van der Waals surface area contributed by atoms with E-state index in [1.165, 1.54) is 0 Å². The van der Waals surface area contributed by atoms with Crippen molar-refractivity contribution in [1.29, 1.82) is 0 Å². The molecule has 0 aromatic carbocycles. The van der Waals surface area contributed by atoms with Gasteiger partial charge in [-0.3, -0.25) is 14.6 Å². The van der Waals surface area contributed by atoms with Gasteiger partial charge in [-0.15, -0.1) is 6.42 Å². The van der Waals surface area contributed by atoms with Crippen molar-refractivity contribution < 1.29 is 4.79 Å². The zero-order valence-electron chi connectivity index (χ0n) is 7.96. The van der Waals surface area contributed by atoms with Crippen LogP contribution in [0.25, 0.3) is 0 Å². The van der Waals surface area contributed by atoms with E-state index in [1.807, 2.05) is 4.98 Å². The van der Waals surface area contributed by atoms with E-state index in [0.717, 1.165) is 6.07 Å². The number of carbonyl (C=O) groups is 1. The summed E-state index contributed by atoms with van der Waals surface area (Å²) in [6.07, 6.45) is 5.05. The fourth-order valence-electron chi connectivity index (χ4n) is 0.907. The summed E-state index contributed by atoms with van der Waals surface area (Å²) in [6.45, 7) is 1.60. The molecule has 1 unspecified atom stereocenters. The number of aromatic amines is 2. The molecule has 78 valence electrons. The molecular weight excluding hydrogens is 198 g/mol. The molecule has 6 nitrogen and oxygen atoms in total. The summed E-state index contributed by atoms with van der Waals surface area (Å²) in [7, 11) is 0. The minimum absolute atomic E-state index is 0.120. The van der Waals surface area contributed by atoms with Crippen LogP contribution in [0.15, 0.2) is 15.7 Å². The Balaban J connectivity index is 2.98. The molecule has 1 amide bonds. The number of nitrogens with one attached hydrogen (secondary N) is 3. The number of hydrogen-bond donors (Lipinski definition) is 3. The highest BCUT2D eigenvalue weighted by atomic mass is 16.2. The molecule has 1 aromatic rings. The lowest BCUT2D eigenvalue weighted by Crippen LogP contribution is -2.35. The molecule has 0 spiro atoms. The van der Waals surface area contributed by atoms with Crippen LogP contribution in [0.4, 0.5) is 0 Å². The van der Waals surface area contributed by atoms with E-state index in [-0.39, 0.29) is 5.69 Å². The number of terminal acetylenes is 1. The Kier molecular flexibility index (Phi) is 3.08. The molecule has 0 radical (unpaired) electrons. The van der Waals surface area contributed by atoms with Gasteiger partial charge in [-0.2, -0.15) is 0 Å². The molecule has 3 N–H and O–H groups in total. The first-order valence-electron chi connectivity index (χ1n) is 4.13. The Bertz CT molecular complexity index is 492. The number of H-pyrrole nitrogens is 2. The van der Waals surface area contributed by atoms with Crippen molar-refractivity contribution in [3.63, 3.8) is 0 Å². The van der Waals surface area contributed by atoms with Crippen LogP contribution in [0, 0.1) is 12.3 Å². The van der Waals surface area contributed by atoms with Crippen LogP contribution in [0.2, 0.25) is 0 Å². The zero-order chi connectivity index (χ0) is 11.4. The number of amides is 1. The van der Waals surface area contributed by atoms with Crippen molar-refractivity contribution in [3.05, 3.63) is 32.6 Å². The van der Waals surface area contributed by atoms with Crippen molar-refractivity contribution in [2.24, 2.45) is 0 Å². The summed E-state index contributed by atoms with van der Waals surface area (Å²) < 4.78 is 0. The van der Waals surface area contributed by atoms with Gasteiger partial charge in [-0.05, 0) is 6.92 Å². The number of rotatable bonds is 2. The van der Waals surface area contributed by atoms with Gasteiger partial charge in [0, 0.05) is 6.07 Å². The molecular formula is C9H9N3O3. The van der Waals surface area contributed by atoms with E-state index in [2.05, 4.69) is 16.2 Å². The number of carbonyl (C=O) groups excluding carboxylic acids is 1. The molecule has 1 heterocycles. The second kappa shape index (κ2) is 4.28. The Labute approximate surface area is 84.7 Å². The Morgan fingerprint density at radius 2 is 2.20 bits per heavy atom. The highest BCUT2D eigenvalue weighted by Crippen LogP contribution is 1.87. The van der Waals surface area contributed by atoms with Crippen LogP contribution in [0.3, 0.4) is 0 Å². The third kappa shape index (κ3) is 2.84. The van der Waals surface area contributed by atoms with E-state index >= 15 is 0 Å². The third-order valence-corrected chi connectivity index (χ3v) is 1.60. The standard InChI is InChI=1S/C9H9N3O3/c1-3-5(2)10-8(14)6-4-7(13)12-9(15)11-6/h1,4-5H,2H3,(H,10,14)(H2,11,12,13,15). The van der Waals surface area contributed by atoms with Crippen LogP contribution in [0.1, 0.15) is 17.4 Å². The fourth-order valence-corrected chi connectivity index (χ4v) is 0.907. The molecule has 1 aromatic heterocycles. The van der Waals surface area contributed by atoms with Crippen molar-refractivity contribution in [2.45, 2.75) is 13.0 Å². The summed E-state index contributed by atoms with van der Waals surface area (Å²) in [6, 6.07) is 0.514. The van der Waals surface area contributed by atoms with Crippen molar-refractivity contribution in [3.8, 4) is 12.3 Å². The SMILES string of the molecule is C#CC(C)NC(=O)c1cc(=O)[nH]c(=O)[nH]1. The maximum Gasteiger partial charge on any atom is 0.326 e. The van der Waals surface area contributed by atoms with E-state index < -0.39 is 23.2 Å². The van der Waals surface area contributed by atoms with Gasteiger partial charge in [-0.1, -0.05) is 5.92 Å². The molecule has 0 saturated carbocycles. The monoisotopic (exact) mass is 207 g/mol. The van der Waals surface area contributed by atoms with E-state index in [0.29, 0.717) is 0 Å². The largest absolute Gasteiger partial charge is 0.337 e. The van der Waals surface area contributed by atoms with Gasteiger partial charge >= 0.3 is 5.69 Å². The Hall–Kier alpha value is -2.29. The maximum atomic E-state index is 11.4. The van der Waals surface area contributed by atoms with Gasteiger partial charge < -0.3 is 10.3 Å². The smallest absolute Gasteiger partial charge is 0.326 e. The molecule has 1 rings (SSSR count). The molecule has 0 aliphatic heterocycles. The Morgan fingerprint density at radius 3 is 2.73 bits per heavy atom. The van der Waals surface area contributed by atoms with Crippen LogP contribution in [-0.4, -0.2) is 21.9 Å². The highest BCUT2D eigenvalue weighted by Gasteiger charge is 2.09. The molecule has 1 atom stereocenters. The minimum Gasteiger partial charge on any atom is -0.337 e. The number of aromatic nitrogens is 2. The maximum absolute atomic E-state index is 11.4. The average Bonchev–Trinajstić information content (AvgIpc) is 2.16. The predicted molar refractivity (Wildman–Crippen MR) is 53.4 cm³/mol. The van der Waals surface area contributed by atoms with Crippen LogP contribution < -0.4 is 16.6 Å². The average molecular weight is 207 g/mol. The summed E-state index contributed by atoms with van der Waals surface area (Å²) in [5.74, 6) is 1.69. The van der Waals surface area contributed by atoms with Crippen molar-refractivity contribution in [2.75, 3.05) is 0 Å². The molecule has 6 heteroatoms. The van der Waals surface area contributed by atoms with Crippen LogP contribution in [0.5, 0.6) is 0 Å². The number of hydrogen-bond acceptors (Lipinski definition) is 3. The van der Waals surface area contributed by atoms with Crippen molar-refractivity contribution in [1.82, 2.24) is 15.3 Å². The van der Waals surface area contributed by atoms with Crippen LogP contribution in [-0.2, 0) is 0 Å². The van der Waals surface area contributed by atoms with E-state index in [4.69, 9.17) is 6.42 Å². The van der Waals surface area contributed by atoms with Gasteiger partial charge in [0.15, 0.2) is 0 Å². The molecule has 0 aliphatic rings. The summed E-state index contributed by atoms with van der Waals surface area (Å²) in [5, 5.41) is 2.40. The topological polar surface area (TPSA) is 94.8 Å². The minimum atomic E-state index is -0.735. The lowest BCUT2D eigenvalue weighted by atomic mass is 10.3. The van der Waals surface area contributed by atoms with E-state index in [9.17, 15) is 14.4 Å². The van der Waals surface area contributed by atoms with Gasteiger partial charge in [0.25, 0.3) is 11.5 Å². The molecule has 0 fully saturated rings. The van der Waals surface area contributed by atoms with Gasteiger partial charge in [0.2, 0.25) is 0 Å². The summed E-state index contributed by atoms with van der Waals surface area (Å²) in [5.41, 5.74) is -1.50. The first kappa shape index (κ1) is 10.8. The normalized spacial score (nSPS) is 11.5. The molecule has 0 saturated heterocycles. The summed E-state index contributed by atoms with van der Waals surface area (Å²) in [4.78, 5) is 37.2. The first-order chi connectivity index (χ1) is 7.02. The lowest BCUT2D eigenvalue weighted by molar-refractivity contribution is 0.0942. The molecule has 0 bridgehead atoms. The van der Waals surface area contributed by atoms with Gasteiger partial charge in [0.1, 0.15) is 5.69 Å². The quantitative estimate of drug-likeness (QED) is 0.532. The predicted octanol–water partition coefficient (Wildman–Crippen LogP) is -1.19.